The van der Waals surface area contributed by atoms with Gasteiger partial charge in [-0.1, -0.05) is 0 Å². The van der Waals surface area contributed by atoms with Crippen LogP contribution >= 0.6 is 0 Å². The smallest absolute Gasteiger partial charge is 0.337 e. The zero-order valence-corrected chi connectivity index (χ0v) is 15.8. The normalized spacial score (nSPS) is 10.3. The van der Waals surface area contributed by atoms with Crippen molar-refractivity contribution in [3.63, 3.8) is 0 Å². The van der Waals surface area contributed by atoms with Crippen LogP contribution in [0.1, 0.15) is 10.4 Å². The predicted molar refractivity (Wildman–Crippen MR) is 107 cm³/mol. The number of carbonyl (C=O) groups is 2. The number of nitro benzene ring substituents is 1. The number of amides is 1. The summed E-state index contributed by atoms with van der Waals surface area (Å²) in [5.41, 5.74) is 1.19. The molecule has 0 aliphatic heterocycles. The monoisotopic (exact) mass is 408 g/mol. The summed E-state index contributed by atoms with van der Waals surface area (Å²) in [6.07, 6.45) is 0. The van der Waals surface area contributed by atoms with E-state index in [1.807, 2.05) is 0 Å². The van der Waals surface area contributed by atoms with Gasteiger partial charge in [0.15, 0.2) is 0 Å². The molecule has 1 amide bonds. The van der Waals surface area contributed by atoms with Crippen LogP contribution in [0.25, 0.3) is 11.3 Å². The summed E-state index contributed by atoms with van der Waals surface area (Å²) in [5.74, 6) is -0.983. The highest BCUT2D eigenvalue weighted by Gasteiger charge is 2.11. The number of hydrogen-bond acceptors (Lipinski definition) is 7. The van der Waals surface area contributed by atoms with Gasteiger partial charge in [0.05, 0.1) is 23.3 Å². The molecule has 10 nitrogen and oxygen atoms in total. The fourth-order valence-corrected chi connectivity index (χ4v) is 2.61. The van der Waals surface area contributed by atoms with Crippen molar-refractivity contribution in [3.8, 4) is 11.3 Å². The second-order valence-electron chi connectivity index (χ2n) is 6.14. The number of nitrogens with zero attached hydrogens (tertiary/aromatic N) is 3. The second-order valence-corrected chi connectivity index (χ2v) is 6.14. The van der Waals surface area contributed by atoms with Crippen molar-refractivity contribution < 1.29 is 19.2 Å². The number of hydrogen-bond donors (Lipinski definition) is 1. The first-order valence-corrected chi connectivity index (χ1v) is 8.68. The van der Waals surface area contributed by atoms with Crippen molar-refractivity contribution >= 4 is 23.3 Å². The highest BCUT2D eigenvalue weighted by Crippen LogP contribution is 2.19. The second kappa shape index (κ2) is 8.78. The lowest BCUT2D eigenvalue weighted by Gasteiger charge is -2.09. The maximum atomic E-state index is 12.3. The van der Waals surface area contributed by atoms with E-state index in [1.165, 1.54) is 67.8 Å². The van der Waals surface area contributed by atoms with Gasteiger partial charge in [0.25, 0.3) is 11.2 Å². The molecule has 10 heteroatoms. The SMILES string of the molecule is COC(=O)c1ccc(NC(=O)Cn2nc(-c3ccc([N+](=O)[O-])cc3)ccc2=O)cc1. The van der Waals surface area contributed by atoms with Crippen LogP contribution in [0.4, 0.5) is 11.4 Å². The quantitative estimate of drug-likeness (QED) is 0.376. The molecule has 152 valence electrons. The fourth-order valence-electron chi connectivity index (χ4n) is 2.61. The van der Waals surface area contributed by atoms with Gasteiger partial charge in [-0.05, 0) is 42.5 Å². The number of aromatic nitrogens is 2. The molecule has 0 atom stereocenters. The highest BCUT2D eigenvalue weighted by molar-refractivity contribution is 5.92. The van der Waals surface area contributed by atoms with Gasteiger partial charge in [-0.2, -0.15) is 5.10 Å². The number of rotatable bonds is 6. The summed E-state index contributed by atoms with van der Waals surface area (Å²) >= 11 is 0. The molecule has 0 bridgehead atoms. The predicted octanol–water partition coefficient (Wildman–Crippen LogP) is 2.24. The van der Waals surface area contributed by atoms with Crippen LogP contribution in [0, 0.1) is 10.1 Å². The minimum absolute atomic E-state index is 0.0651. The zero-order valence-electron chi connectivity index (χ0n) is 15.8. The number of nitrogens with one attached hydrogen (secondary N) is 1. The Kier molecular flexibility index (Phi) is 5.97. The lowest BCUT2D eigenvalue weighted by atomic mass is 10.1. The van der Waals surface area contributed by atoms with Gasteiger partial charge >= 0.3 is 5.97 Å². The molecule has 0 aliphatic carbocycles. The molecule has 0 saturated carbocycles. The van der Waals surface area contributed by atoms with Crippen LogP contribution in [0.2, 0.25) is 0 Å². The van der Waals surface area contributed by atoms with Crippen molar-refractivity contribution in [3.05, 3.63) is 86.7 Å². The number of esters is 1. The zero-order chi connectivity index (χ0) is 21.7. The van der Waals surface area contributed by atoms with Crippen molar-refractivity contribution in [1.29, 1.82) is 0 Å². The average Bonchev–Trinajstić information content (AvgIpc) is 2.75. The van der Waals surface area contributed by atoms with E-state index in [4.69, 9.17) is 0 Å². The summed E-state index contributed by atoms with van der Waals surface area (Å²) in [6, 6.07) is 14.5. The molecule has 1 N–H and O–H groups in total. The van der Waals surface area contributed by atoms with Gasteiger partial charge in [-0.25, -0.2) is 9.48 Å². The summed E-state index contributed by atoms with van der Waals surface area (Å²) in [7, 11) is 1.27. The molecular formula is C20H16N4O6. The van der Waals surface area contributed by atoms with E-state index >= 15 is 0 Å². The molecule has 0 saturated heterocycles. The summed E-state index contributed by atoms with van der Waals surface area (Å²) in [6.45, 7) is -0.335. The minimum Gasteiger partial charge on any atom is -0.465 e. The number of methoxy groups -OCH3 is 1. The summed E-state index contributed by atoms with van der Waals surface area (Å²) in [5, 5.41) is 17.5. The lowest BCUT2D eigenvalue weighted by Crippen LogP contribution is -2.29. The molecule has 0 spiro atoms. The van der Waals surface area contributed by atoms with Crippen LogP contribution in [-0.4, -0.2) is 33.7 Å². The molecule has 1 heterocycles. The van der Waals surface area contributed by atoms with E-state index in [-0.39, 0.29) is 12.2 Å². The first-order valence-electron chi connectivity index (χ1n) is 8.68. The van der Waals surface area contributed by atoms with E-state index in [1.54, 1.807) is 0 Å². The number of nitro groups is 1. The Morgan fingerprint density at radius 1 is 1.07 bits per heavy atom. The Balaban J connectivity index is 1.73. The Morgan fingerprint density at radius 2 is 1.73 bits per heavy atom. The highest BCUT2D eigenvalue weighted by atomic mass is 16.6. The third kappa shape index (κ3) is 4.73. The van der Waals surface area contributed by atoms with E-state index in [2.05, 4.69) is 15.2 Å². The van der Waals surface area contributed by atoms with Gasteiger partial charge < -0.3 is 10.1 Å². The molecule has 3 aromatic rings. The lowest BCUT2D eigenvalue weighted by molar-refractivity contribution is -0.384. The van der Waals surface area contributed by atoms with E-state index < -0.39 is 22.4 Å². The van der Waals surface area contributed by atoms with E-state index in [9.17, 15) is 24.5 Å². The van der Waals surface area contributed by atoms with Crippen molar-refractivity contribution in [2.75, 3.05) is 12.4 Å². The number of non-ortho nitro benzene ring substituents is 1. The molecule has 1 aromatic heterocycles. The van der Waals surface area contributed by atoms with Gasteiger partial charge in [0.2, 0.25) is 5.91 Å². The van der Waals surface area contributed by atoms with Crippen LogP contribution in [0.5, 0.6) is 0 Å². The maximum Gasteiger partial charge on any atom is 0.337 e. The average molecular weight is 408 g/mol. The van der Waals surface area contributed by atoms with Crippen LogP contribution in [0.3, 0.4) is 0 Å². The number of ether oxygens (including phenoxy) is 1. The van der Waals surface area contributed by atoms with Crippen LogP contribution in [-0.2, 0) is 16.1 Å². The van der Waals surface area contributed by atoms with Crippen LogP contribution in [0.15, 0.2) is 65.5 Å². The summed E-state index contributed by atoms with van der Waals surface area (Å²) < 4.78 is 5.60. The molecule has 3 rings (SSSR count). The standard InChI is InChI=1S/C20H16N4O6/c1-30-20(27)14-2-6-15(7-3-14)21-18(25)12-23-19(26)11-10-17(22-23)13-4-8-16(9-5-13)24(28)29/h2-11H,12H2,1H3,(H,21,25). The van der Waals surface area contributed by atoms with E-state index in [0.29, 0.717) is 22.5 Å². The fraction of sp³-hybridized carbons (Fsp3) is 0.100. The first kappa shape index (κ1) is 20.4. The molecule has 30 heavy (non-hydrogen) atoms. The topological polar surface area (TPSA) is 133 Å². The Morgan fingerprint density at radius 3 is 2.33 bits per heavy atom. The van der Waals surface area contributed by atoms with Gasteiger partial charge in [-0.3, -0.25) is 19.7 Å². The maximum absolute atomic E-state index is 12.3. The molecule has 0 fully saturated rings. The van der Waals surface area contributed by atoms with Crippen molar-refractivity contribution in [2.24, 2.45) is 0 Å². The third-order valence-corrected chi connectivity index (χ3v) is 4.12. The van der Waals surface area contributed by atoms with Gasteiger partial charge in [0, 0.05) is 29.4 Å². The summed E-state index contributed by atoms with van der Waals surface area (Å²) in [4.78, 5) is 46.1. The minimum atomic E-state index is -0.514. The molecule has 0 radical (unpaired) electrons. The van der Waals surface area contributed by atoms with Crippen LogP contribution < -0.4 is 10.9 Å². The Hall–Kier alpha value is -4.34. The number of anilines is 1. The Labute approximate surface area is 169 Å². The number of benzene rings is 2. The van der Waals surface area contributed by atoms with Gasteiger partial charge in [-0.15, -0.1) is 0 Å². The van der Waals surface area contributed by atoms with Crippen molar-refractivity contribution in [1.82, 2.24) is 9.78 Å². The molecule has 0 unspecified atom stereocenters. The molecular weight excluding hydrogens is 392 g/mol. The largest absolute Gasteiger partial charge is 0.465 e. The molecule has 2 aromatic carbocycles. The number of carbonyl (C=O) groups excluding carboxylic acids is 2. The third-order valence-electron chi connectivity index (χ3n) is 4.12. The van der Waals surface area contributed by atoms with Gasteiger partial charge in [0.1, 0.15) is 6.54 Å². The first-order chi connectivity index (χ1) is 14.4. The van der Waals surface area contributed by atoms with E-state index in [0.717, 1.165) is 4.68 Å². The Bertz CT molecular complexity index is 1150. The van der Waals surface area contributed by atoms with Crippen molar-refractivity contribution in [2.45, 2.75) is 6.54 Å². The molecule has 0 aliphatic rings.